The number of nitrogens with zero attached hydrogens (tertiary/aromatic N) is 2. The molecule has 4 rings (SSSR count). The largest absolute Gasteiger partial charge is 0.334 e. The van der Waals surface area contributed by atoms with Crippen molar-refractivity contribution in [1.29, 1.82) is 0 Å². The van der Waals surface area contributed by atoms with Crippen LogP contribution in [0.2, 0.25) is 0 Å². The predicted octanol–water partition coefficient (Wildman–Crippen LogP) is 3.61. The number of aryl methyl sites for hydroxylation is 1. The number of nitrogens with two attached hydrogens (primary N) is 1. The van der Waals surface area contributed by atoms with Crippen molar-refractivity contribution in [2.45, 2.75) is 36.6 Å². The third-order valence-corrected chi connectivity index (χ3v) is 6.23. The van der Waals surface area contributed by atoms with Gasteiger partial charge in [-0.15, -0.1) is 12.4 Å². The van der Waals surface area contributed by atoms with E-state index in [4.69, 9.17) is 10.3 Å². The lowest BCUT2D eigenvalue weighted by Gasteiger charge is -2.34. The summed E-state index contributed by atoms with van der Waals surface area (Å²) >= 11 is 0. The Morgan fingerprint density at radius 3 is 2.43 bits per heavy atom. The molecule has 7 nitrogen and oxygen atoms in total. The maximum Gasteiger partial charge on any atom is 0.261 e. The van der Waals surface area contributed by atoms with E-state index >= 15 is 0 Å². The van der Waals surface area contributed by atoms with Crippen LogP contribution in [0.15, 0.2) is 57.9 Å². The number of nitrogens with one attached hydrogen (secondary N) is 1. The van der Waals surface area contributed by atoms with Crippen LogP contribution in [0.25, 0.3) is 11.5 Å². The molecule has 0 saturated heterocycles. The number of hydrogen-bond donors (Lipinski definition) is 2. The Bertz CT molecular complexity index is 1080. The number of benzene rings is 2. The number of rotatable bonds is 5. The van der Waals surface area contributed by atoms with Crippen LogP contribution in [0.4, 0.5) is 5.69 Å². The number of halogens is 1. The Morgan fingerprint density at radius 2 is 1.79 bits per heavy atom. The third-order valence-electron chi connectivity index (χ3n) is 4.85. The average Bonchev–Trinajstić information content (AvgIpc) is 3.10. The summed E-state index contributed by atoms with van der Waals surface area (Å²) in [5, 5.41) is 4.00. The van der Waals surface area contributed by atoms with E-state index < -0.39 is 15.6 Å². The quantitative estimate of drug-likeness (QED) is 0.652. The maximum atomic E-state index is 12.7. The lowest BCUT2D eigenvalue weighted by Crippen LogP contribution is -2.44. The highest BCUT2D eigenvalue weighted by atomic mass is 35.5. The van der Waals surface area contributed by atoms with Crippen LogP contribution in [0, 0.1) is 6.92 Å². The monoisotopic (exact) mass is 420 g/mol. The number of aromatic nitrogens is 2. The highest BCUT2D eigenvalue weighted by molar-refractivity contribution is 7.92. The van der Waals surface area contributed by atoms with Crippen molar-refractivity contribution in [3.63, 3.8) is 0 Å². The molecule has 148 valence electrons. The molecule has 28 heavy (non-hydrogen) atoms. The molecule has 1 aliphatic carbocycles. The molecule has 1 aliphatic rings. The SMILES string of the molecule is Cc1ccc(S(=O)(=O)Nc2ccccc2-c2nc(C3(N)CCC3)no2)cc1.Cl. The van der Waals surface area contributed by atoms with E-state index in [1.54, 1.807) is 48.5 Å². The van der Waals surface area contributed by atoms with Gasteiger partial charge >= 0.3 is 0 Å². The standard InChI is InChI=1S/C19H20N4O3S.ClH/c1-13-7-9-14(10-8-13)27(24,25)23-16-6-3-2-5-15(16)17-21-18(22-26-17)19(20)11-4-12-19;/h2-3,5-10,23H,4,11-12,20H2,1H3;1H. The van der Waals surface area contributed by atoms with Gasteiger partial charge in [-0.2, -0.15) is 4.98 Å². The molecule has 1 heterocycles. The molecule has 0 atom stereocenters. The molecule has 0 spiro atoms. The summed E-state index contributed by atoms with van der Waals surface area (Å²) in [6.07, 6.45) is 2.66. The third kappa shape index (κ3) is 3.76. The van der Waals surface area contributed by atoms with Crippen LogP contribution in [-0.2, 0) is 15.6 Å². The molecule has 9 heteroatoms. The summed E-state index contributed by atoms with van der Waals surface area (Å²) in [4.78, 5) is 4.60. The van der Waals surface area contributed by atoms with Gasteiger partial charge < -0.3 is 10.3 Å². The van der Waals surface area contributed by atoms with Gasteiger partial charge in [0.05, 0.1) is 21.7 Å². The van der Waals surface area contributed by atoms with Crippen molar-refractivity contribution in [2.24, 2.45) is 5.73 Å². The van der Waals surface area contributed by atoms with Crippen molar-refractivity contribution in [3.05, 3.63) is 59.9 Å². The van der Waals surface area contributed by atoms with Gasteiger partial charge in [0.15, 0.2) is 5.82 Å². The van der Waals surface area contributed by atoms with Gasteiger partial charge in [0.25, 0.3) is 15.9 Å². The summed E-state index contributed by atoms with van der Waals surface area (Å²) in [7, 11) is -3.74. The smallest absolute Gasteiger partial charge is 0.261 e. The second kappa shape index (κ2) is 7.54. The highest BCUT2D eigenvalue weighted by Gasteiger charge is 2.39. The Kier molecular flexibility index (Phi) is 5.47. The van der Waals surface area contributed by atoms with Crippen LogP contribution in [-0.4, -0.2) is 18.6 Å². The Morgan fingerprint density at radius 1 is 1.11 bits per heavy atom. The first kappa shape index (κ1) is 20.3. The Labute approximate surface area is 169 Å². The van der Waals surface area contributed by atoms with Crippen LogP contribution >= 0.6 is 12.4 Å². The van der Waals surface area contributed by atoms with Gasteiger partial charge in [-0.3, -0.25) is 4.72 Å². The molecule has 0 radical (unpaired) electrons. The number of sulfonamides is 1. The normalized spacial score (nSPS) is 15.4. The molecule has 2 aromatic carbocycles. The topological polar surface area (TPSA) is 111 Å². The van der Waals surface area contributed by atoms with Crippen LogP contribution in [0.3, 0.4) is 0 Å². The van der Waals surface area contributed by atoms with E-state index in [1.807, 2.05) is 6.92 Å². The summed E-state index contributed by atoms with van der Waals surface area (Å²) < 4.78 is 33.4. The van der Waals surface area contributed by atoms with Crippen molar-refractivity contribution < 1.29 is 12.9 Å². The number of para-hydroxylation sites is 1. The van der Waals surface area contributed by atoms with Crippen molar-refractivity contribution in [1.82, 2.24) is 10.1 Å². The summed E-state index contributed by atoms with van der Waals surface area (Å²) in [5.41, 5.74) is 7.57. The zero-order valence-electron chi connectivity index (χ0n) is 15.3. The van der Waals surface area contributed by atoms with E-state index in [9.17, 15) is 8.42 Å². The van der Waals surface area contributed by atoms with E-state index in [0.29, 0.717) is 17.1 Å². The fraction of sp³-hybridized carbons (Fsp3) is 0.263. The molecular weight excluding hydrogens is 400 g/mol. The maximum absolute atomic E-state index is 12.7. The highest BCUT2D eigenvalue weighted by Crippen LogP contribution is 2.38. The lowest BCUT2D eigenvalue weighted by molar-refractivity contribution is 0.229. The van der Waals surface area contributed by atoms with Gasteiger partial charge in [0, 0.05) is 0 Å². The summed E-state index contributed by atoms with van der Waals surface area (Å²) in [5.74, 6) is 0.698. The van der Waals surface area contributed by atoms with Gasteiger partial charge in [0.2, 0.25) is 0 Å². The molecule has 1 aromatic heterocycles. The first-order valence-electron chi connectivity index (χ1n) is 8.69. The van der Waals surface area contributed by atoms with Gasteiger partial charge in [-0.25, -0.2) is 8.42 Å². The van der Waals surface area contributed by atoms with E-state index in [0.717, 1.165) is 24.8 Å². The van der Waals surface area contributed by atoms with Crippen LogP contribution < -0.4 is 10.5 Å². The second-order valence-corrected chi connectivity index (χ2v) is 8.58. The minimum absolute atomic E-state index is 0. The van der Waals surface area contributed by atoms with Gasteiger partial charge in [0.1, 0.15) is 0 Å². The van der Waals surface area contributed by atoms with E-state index in [-0.39, 0.29) is 23.2 Å². The fourth-order valence-corrected chi connectivity index (χ4v) is 4.08. The molecule has 0 aliphatic heterocycles. The molecule has 1 fully saturated rings. The first-order chi connectivity index (χ1) is 12.9. The summed E-state index contributed by atoms with van der Waals surface area (Å²) in [6, 6.07) is 13.6. The molecule has 0 bridgehead atoms. The van der Waals surface area contributed by atoms with Crippen molar-refractivity contribution in [3.8, 4) is 11.5 Å². The average molecular weight is 421 g/mol. The zero-order valence-corrected chi connectivity index (χ0v) is 16.9. The fourth-order valence-electron chi connectivity index (χ4n) is 3.00. The molecule has 0 amide bonds. The lowest BCUT2D eigenvalue weighted by atomic mass is 9.77. The summed E-state index contributed by atoms with van der Waals surface area (Å²) in [6.45, 7) is 1.90. The first-order valence-corrected chi connectivity index (χ1v) is 10.2. The van der Waals surface area contributed by atoms with Gasteiger partial charge in [-0.05, 0) is 50.5 Å². The van der Waals surface area contributed by atoms with Crippen LogP contribution in [0.5, 0.6) is 0 Å². The second-order valence-electron chi connectivity index (χ2n) is 6.90. The minimum atomic E-state index is -3.74. The molecule has 3 N–H and O–H groups in total. The van der Waals surface area contributed by atoms with E-state index in [2.05, 4.69) is 14.9 Å². The predicted molar refractivity (Wildman–Crippen MR) is 109 cm³/mol. The molecule has 3 aromatic rings. The van der Waals surface area contributed by atoms with Crippen molar-refractivity contribution in [2.75, 3.05) is 4.72 Å². The Hall–Kier alpha value is -2.42. The van der Waals surface area contributed by atoms with Crippen LogP contribution in [0.1, 0.15) is 30.7 Å². The Balaban J connectivity index is 0.00000225. The molecule has 0 unspecified atom stereocenters. The van der Waals surface area contributed by atoms with E-state index in [1.165, 1.54) is 0 Å². The number of anilines is 1. The number of hydrogen-bond acceptors (Lipinski definition) is 6. The zero-order chi connectivity index (χ0) is 19.1. The molecular formula is C19H21ClN4O3S. The minimum Gasteiger partial charge on any atom is -0.334 e. The van der Waals surface area contributed by atoms with Crippen molar-refractivity contribution >= 4 is 28.1 Å². The molecule has 1 saturated carbocycles. The van der Waals surface area contributed by atoms with Gasteiger partial charge in [-0.1, -0.05) is 35.0 Å².